The Hall–Kier alpha value is -1.17. The van der Waals surface area contributed by atoms with Gasteiger partial charge in [0.1, 0.15) is 0 Å². The van der Waals surface area contributed by atoms with Gasteiger partial charge in [-0.25, -0.2) is 4.39 Å². The van der Waals surface area contributed by atoms with Gasteiger partial charge in [0.25, 0.3) is 0 Å². The van der Waals surface area contributed by atoms with Gasteiger partial charge in [0.05, 0.1) is 25.4 Å². The van der Waals surface area contributed by atoms with E-state index < -0.39 is 0 Å². The lowest BCUT2D eigenvalue weighted by Gasteiger charge is -2.28. The Balaban J connectivity index is 1.90. The Morgan fingerprint density at radius 3 is 2.89 bits per heavy atom. The molecule has 3 rings (SSSR count). The molecule has 1 aromatic rings. The van der Waals surface area contributed by atoms with E-state index in [0.29, 0.717) is 11.7 Å². The van der Waals surface area contributed by atoms with Gasteiger partial charge in [0.15, 0.2) is 11.6 Å². The highest BCUT2D eigenvalue weighted by Gasteiger charge is 2.45. The van der Waals surface area contributed by atoms with Crippen LogP contribution in [0, 0.1) is 11.7 Å². The van der Waals surface area contributed by atoms with Gasteiger partial charge in [-0.1, -0.05) is 12.1 Å². The number of hydrazine groups is 1. The zero-order valence-corrected chi connectivity index (χ0v) is 10.9. The first kappa shape index (κ1) is 12.8. The summed E-state index contributed by atoms with van der Waals surface area (Å²) in [6, 6.07) is 4.93. The molecule has 0 aliphatic carbocycles. The van der Waals surface area contributed by atoms with Crippen LogP contribution >= 0.6 is 0 Å². The van der Waals surface area contributed by atoms with Gasteiger partial charge in [0.2, 0.25) is 0 Å². The molecule has 2 heterocycles. The van der Waals surface area contributed by atoms with E-state index in [1.807, 2.05) is 0 Å². The molecule has 2 aliphatic heterocycles. The van der Waals surface area contributed by atoms with Crippen molar-refractivity contribution in [2.24, 2.45) is 11.8 Å². The lowest BCUT2D eigenvalue weighted by molar-refractivity contribution is 0.0853. The van der Waals surface area contributed by atoms with Crippen LogP contribution in [0.25, 0.3) is 0 Å². The van der Waals surface area contributed by atoms with Gasteiger partial charge in [-0.3, -0.25) is 11.3 Å². The topological polar surface area (TPSA) is 56.5 Å². The second-order valence-electron chi connectivity index (χ2n) is 5.28. The minimum absolute atomic E-state index is 0.191. The van der Waals surface area contributed by atoms with Gasteiger partial charge in [-0.05, 0) is 25.3 Å². The average molecular weight is 266 g/mol. The third-order valence-corrected chi connectivity index (χ3v) is 4.31. The summed E-state index contributed by atoms with van der Waals surface area (Å²) in [5.41, 5.74) is 3.32. The van der Waals surface area contributed by atoms with E-state index in [4.69, 9.17) is 15.3 Å². The van der Waals surface area contributed by atoms with Crippen LogP contribution in [-0.2, 0) is 4.74 Å². The lowest BCUT2D eigenvalue weighted by Crippen LogP contribution is -2.38. The fraction of sp³-hybridized carbons (Fsp3) is 0.571. The predicted octanol–water partition coefficient (Wildman–Crippen LogP) is 1.91. The molecule has 2 saturated heterocycles. The summed E-state index contributed by atoms with van der Waals surface area (Å²) < 4.78 is 25.2. The number of fused-ring (bicyclic) bond motifs is 2. The van der Waals surface area contributed by atoms with Crippen molar-refractivity contribution < 1.29 is 13.9 Å². The van der Waals surface area contributed by atoms with Crippen molar-refractivity contribution in [1.82, 2.24) is 5.43 Å². The first-order chi connectivity index (χ1) is 9.24. The summed E-state index contributed by atoms with van der Waals surface area (Å²) in [6.45, 7) is 0. The Morgan fingerprint density at radius 1 is 1.47 bits per heavy atom. The number of hydrogen-bond acceptors (Lipinski definition) is 4. The quantitative estimate of drug-likeness (QED) is 0.645. The third-order valence-electron chi connectivity index (χ3n) is 4.31. The molecule has 0 saturated carbocycles. The van der Waals surface area contributed by atoms with E-state index in [0.717, 1.165) is 19.3 Å². The summed E-state index contributed by atoms with van der Waals surface area (Å²) in [5.74, 6) is 5.81. The fourth-order valence-corrected chi connectivity index (χ4v) is 3.40. The van der Waals surface area contributed by atoms with E-state index in [2.05, 4.69) is 5.43 Å². The summed E-state index contributed by atoms with van der Waals surface area (Å²) >= 11 is 0. The number of halogens is 1. The molecule has 19 heavy (non-hydrogen) atoms. The molecule has 4 unspecified atom stereocenters. The van der Waals surface area contributed by atoms with Crippen molar-refractivity contribution in [2.75, 3.05) is 7.11 Å². The SMILES string of the molecule is COc1cccc(C(NN)C2CC3CCC2O3)c1F. The molecule has 0 spiro atoms. The monoisotopic (exact) mass is 266 g/mol. The highest BCUT2D eigenvalue weighted by atomic mass is 19.1. The van der Waals surface area contributed by atoms with Crippen molar-refractivity contribution in [3.8, 4) is 5.75 Å². The lowest BCUT2D eigenvalue weighted by atomic mass is 9.81. The standard InChI is InChI=1S/C14H19FN2O2/c1-18-12-4-2-3-9(13(12)15)14(17-16)10-7-8-5-6-11(10)19-8/h2-4,8,10-11,14,17H,5-7,16H2,1H3. The summed E-state index contributed by atoms with van der Waals surface area (Å²) in [4.78, 5) is 0. The van der Waals surface area contributed by atoms with Crippen LogP contribution < -0.4 is 16.0 Å². The van der Waals surface area contributed by atoms with Crippen LogP contribution in [0.15, 0.2) is 18.2 Å². The highest BCUT2D eigenvalue weighted by molar-refractivity contribution is 5.33. The Morgan fingerprint density at radius 2 is 2.32 bits per heavy atom. The number of nitrogens with one attached hydrogen (secondary N) is 1. The van der Waals surface area contributed by atoms with Crippen LogP contribution in [0.2, 0.25) is 0 Å². The van der Waals surface area contributed by atoms with Crippen LogP contribution in [0.3, 0.4) is 0 Å². The minimum Gasteiger partial charge on any atom is -0.494 e. The Labute approximate surface area is 112 Å². The molecule has 2 bridgehead atoms. The van der Waals surface area contributed by atoms with E-state index in [-0.39, 0.29) is 29.6 Å². The van der Waals surface area contributed by atoms with E-state index in [9.17, 15) is 4.39 Å². The molecule has 2 fully saturated rings. The zero-order valence-electron chi connectivity index (χ0n) is 10.9. The summed E-state index contributed by atoms with van der Waals surface area (Å²) in [5, 5.41) is 0. The number of nitrogens with two attached hydrogens (primary N) is 1. The van der Waals surface area contributed by atoms with Gasteiger partial charge < -0.3 is 9.47 Å². The molecular weight excluding hydrogens is 247 g/mol. The third kappa shape index (κ3) is 2.12. The van der Waals surface area contributed by atoms with Crippen molar-refractivity contribution in [2.45, 2.75) is 37.5 Å². The van der Waals surface area contributed by atoms with E-state index in [1.165, 1.54) is 7.11 Å². The molecule has 0 amide bonds. The average Bonchev–Trinajstić information content (AvgIpc) is 3.04. The second kappa shape index (κ2) is 5.07. The Kier molecular flexibility index (Phi) is 3.43. The predicted molar refractivity (Wildman–Crippen MR) is 69.0 cm³/mol. The molecule has 0 radical (unpaired) electrons. The van der Waals surface area contributed by atoms with Crippen molar-refractivity contribution in [3.05, 3.63) is 29.6 Å². The molecule has 5 heteroatoms. The maximum absolute atomic E-state index is 14.3. The molecular formula is C14H19FN2O2. The molecule has 0 aromatic heterocycles. The van der Waals surface area contributed by atoms with Gasteiger partial charge >= 0.3 is 0 Å². The summed E-state index contributed by atoms with van der Waals surface area (Å²) in [7, 11) is 1.47. The minimum atomic E-state index is -0.337. The molecule has 104 valence electrons. The fourth-order valence-electron chi connectivity index (χ4n) is 3.40. The van der Waals surface area contributed by atoms with Crippen LogP contribution in [-0.4, -0.2) is 19.3 Å². The Bertz CT molecular complexity index is 469. The van der Waals surface area contributed by atoms with E-state index in [1.54, 1.807) is 18.2 Å². The molecule has 4 atom stereocenters. The second-order valence-corrected chi connectivity index (χ2v) is 5.28. The van der Waals surface area contributed by atoms with Crippen LogP contribution in [0.5, 0.6) is 5.75 Å². The smallest absolute Gasteiger partial charge is 0.169 e. The maximum Gasteiger partial charge on any atom is 0.169 e. The molecule has 2 aliphatic rings. The largest absolute Gasteiger partial charge is 0.494 e. The van der Waals surface area contributed by atoms with E-state index >= 15 is 0 Å². The van der Waals surface area contributed by atoms with Crippen molar-refractivity contribution in [1.29, 1.82) is 0 Å². The molecule has 1 aromatic carbocycles. The normalized spacial score (nSPS) is 30.6. The van der Waals surface area contributed by atoms with Crippen LogP contribution in [0.1, 0.15) is 30.9 Å². The first-order valence-corrected chi connectivity index (χ1v) is 6.68. The van der Waals surface area contributed by atoms with Crippen molar-refractivity contribution >= 4 is 0 Å². The number of hydrogen-bond donors (Lipinski definition) is 2. The number of ether oxygens (including phenoxy) is 2. The van der Waals surface area contributed by atoms with Crippen LogP contribution in [0.4, 0.5) is 4.39 Å². The number of benzene rings is 1. The van der Waals surface area contributed by atoms with Gasteiger partial charge in [-0.15, -0.1) is 0 Å². The summed E-state index contributed by atoms with van der Waals surface area (Å²) in [6.07, 6.45) is 3.60. The molecule has 3 N–H and O–H groups in total. The maximum atomic E-state index is 14.3. The zero-order chi connectivity index (χ0) is 13.4. The van der Waals surface area contributed by atoms with Crippen molar-refractivity contribution in [3.63, 3.8) is 0 Å². The van der Waals surface area contributed by atoms with Gasteiger partial charge in [-0.2, -0.15) is 0 Å². The highest BCUT2D eigenvalue weighted by Crippen LogP contribution is 2.45. The van der Waals surface area contributed by atoms with Gasteiger partial charge in [0, 0.05) is 11.5 Å². The molecule has 4 nitrogen and oxygen atoms in total. The number of methoxy groups -OCH3 is 1. The number of rotatable bonds is 4. The first-order valence-electron chi connectivity index (χ1n) is 6.68.